The van der Waals surface area contributed by atoms with E-state index in [2.05, 4.69) is 10.2 Å². The van der Waals surface area contributed by atoms with Gasteiger partial charge in [-0.05, 0) is 37.0 Å². The summed E-state index contributed by atoms with van der Waals surface area (Å²) in [6.45, 7) is 2.75. The third-order valence-electron chi connectivity index (χ3n) is 4.45. The van der Waals surface area contributed by atoms with Crippen LogP contribution in [-0.2, 0) is 9.53 Å². The maximum atomic E-state index is 13.5. The van der Waals surface area contributed by atoms with Gasteiger partial charge in [-0.15, -0.1) is 0 Å². The molecule has 1 aliphatic carbocycles. The van der Waals surface area contributed by atoms with Crippen LogP contribution < -0.4 is 5.32 Å². The largest absolute Gasteiger partial charge is 0.378 e. The van der Waals surface area contributed by atoms with Crippen LogP contribution in [0, 0.1) is 11.7 Å². The average molecular weight is 327 g/mol. The summed E-state index contributed by atoms with van der Waals surface area (Å²) in [6, 6.07) is 3.97. The molecule has 1 N–H and O–H groups in total. The van der Waals surface area contributed by atoms with Crippen LogP contribution in [0.5, 0.6) is 0 Å². The minimum Gasteiger partial charge on any atom is -0.378 e. The standard InChI is InChI=1S/C16H20ClFN2O2/c17-13-5-4-12(8-14(13)18)19-16(21)15-10-22-7-6-20(15)9-11-2-1-3-11/h4-5,8,11,15H,1-3,6-7,9-10H2,(H,19,21). The van der Waals surface area contributed by atoms with Gasteiger partial charge in [0.15, 0.2) is 0 Å². The summed E-state index contributed by atoms with van der Waals surface area (Å²) >= 11 is 5.65. The van der Waals surface area contributed by atoms with Gasteiger partial charge in [0.05, 0.1) is 18.2 Å². The molecule has 1 aromatic rings. The second kappa shape index (κ2) is 6.94. The van der Waals surface area contributed by atoms with Crippen molar-refractivity contribution in [2.24, 2.45) is 5.92 Å². The normalized spacial score (nSPS) is 23.1. The van der Waals surface area contributed by atoms with Crippen molar-refractivity contribution in [1.29, 1.82) is 0 Å². The second-order valence-corrected chi connectivity index (χ2v) is 6.41. The molecule has 1 unspecified atom stereocenters. The number of anilines is 1. The predicted molar refractivity (Wildman–Crippen MR) is 83.6 cm³/mol. The minimum absolute atomic E-state index is 0.0469. The van der Waals surface area contributed by atoms with Crippen LogP contribution in [0.4, 0.5) is 10.1 Å². The van der Waals surface area contributed by atoms with Crippen LogP contribution in [-0.4, -0.2) is 43.2 Å². The molecular weight excluding hydrogens is 307 g/mol. The van der Waals surface area contributed by atoms with Crippen LogP contribution in [0.1, 0.15) is 19.3 Å². The maximum Gasteiger partial charge on any atom is 0.244 e. The Balaban J connectivity index is 1.64. The third kappa shape index (κ3) is 3.59. The Bertz CT molecular complexity index is 551. The fraction of sp³-hybridized carbons (Fsp3) is 0.562. The first-order valence-corrected chi connectivity index (χ1v) is 8.09. The van der Waals surface area contributed by atoms with E-state index in [0.717, 1.165) is 13.1 Å². The molecule has 1 heterocycles. The van der Waals surface area contributed by atoms with Crippen molar-refractivity contribution in [2.75, 3.05) is 31.6 Å². The molecule has 0 aromatic heterocycles. The van der Waals surface area contributed by atoms with Crippen LogP contribution in [0.25, 0.3) is 0 Å². The lowest BCUT2D eigenvalue weighted by Gasteiger charge is -2.39. The number of halogens is 2. The highest BCUT2D eigenvalue weighted by molar-refractivity contribution is 6.30. The number of carbonyl (C=O) groups excluding carboxylic acids is 1. The summed E-state index contributed by atoms with van der Waals surface area (Å²) in [6.07, 6.45) is 3.78. The fourth-order valence-corrected chi connectivity index (χ4v) is 3.02. The molecule has 6 heteroatoms. The van der Waals surface area contributed by atoms with E-state index in [1.54, 1.807) is 6.07 Å². The average Bonchev–Trinajstić information content (AvgIpc) is 2.47. The molecule has 0 bridgehead atoms. The van der Waals surface area contributed by atoms with Crippen molar-refractivity contribution in [2.45, 2.75) is 25.3 Å². The first-order valence-electron chi connectivity index (χ1n) is 7.71. The molecule has 22 heavy (non-hydrogen) atoms. The summed E-state index contributed by atoms with van der Waals surface area (Å²) in [5.74, 6) is 0.00723. The van der Waals surface area contributed by atoms with Gasteiger partial charge in [0.25, 0.3) is 0 Å². The van der Waals surface area contributed by atoms with E-state index in [0.29, 0.717) is 24.8 Å². The summed E-state index contributed by atoms with van der Waals surface area (Å²) in [4.78, 5) is 14.7. The highest BCUT2D eigenvalue weighted by Crippen LogP contribution is 2.28. The van der Waals surface area contributed by atoms with E-state index in [1.807, 2.05) is 0 Å². The number of ether oxygens (including phenoxy) is 1. The minimum atomic E-state index is -0.536. The number of hydrogen-bond acceptors (Lipinski definition) is 3. The Labute approximate surface area is 134 Å². The quantitative estimate of drug-likeness (QED) is 0.925. The van der Waals surface area contributed by atoms with Crippen molar-refractivity contribution >= 4 is 23.2 Å². The highest BCUT2D eigenvalue weighted by atomic mass is 35.5. The molecule has 1 saturated heterocycles. The smallest absolute Gasteiger partial charge is 0.244 e. The molecule has 120 valence electrons. The Morgan fingerprint density at radius 2 is 2.27 bits per heavy atom. The zero-order valence-corrected chi connectivity index (χ0v) is 13.1. The van der Waals surface area contributed by atoms with E-state index in [-0.39, 0.29) is 17.0 Å². The summed E-state index contributed by atoms with van der Waals surface area (Å²) in [7, 11) is 0. The summed E-state index contributed by atoms with van der Waals surface area (Å²) < 4.78 is 18.9. The molecule has 1 atom stereocenters. The van der Waals surface area contributed by atoms with E-state index < -0.39 is 5.82 Å². The molecule has 1 saturated carbocycles. The molecule has 2 fully saturated rings. The van der Waals surface area contributed by atoms with Crippen molar-refractivity contribution < 1.29 is 13.9 Å². The summed E-state index contributed by atoms with van der Waals surface area (Å²) in [5.41, 5.74) is 0.418. The molecule has 0 spiro atoms. The number of carbonyl (C=O) groups is 1. The second-order valence-electron chi connectivity index (χ2n) is 6.00. The van der Waals surface area contributed by atoms with E-state index in [1.165, 1.54) is 31.4 Å². The first kappa shape index (κ1) is 15.7. The number of amides is 1. The number of nitrogens with one attached hydrogen (secondary N) is 1. The van der Waals surface area contributed by atoms with Crippen LogP contribution in [0.2, 0.25) is 5.02 Å². The van der Waals surface area contributed by atoms with E-state index in [9.17, 15) is 9.18 Å². The summed E-state index contributed by atoms with van der Waals surface area (Å²) in [5, 5.41) is 2.81. The molecule has 2 aliphatic rings. The monoisotopic (exact) mass is 326 g/mol. The molecule has 3 rings (SSSR count). The number of morpholine rings is 1. The lowest BCUT2D eigenvalue weighted by molar-refractivity contribution is -0.128. The first-order chi connectivity index (χ1) is 10.6. The molecule has 1 aromatic carbocycles. The number of hydrogen-bond donors (Lipinski definition) is 1. The molecular formula is C16H20ClFN2O2. The maximum absolute atomic E-state index is 13.5. The Kier molecular flexibility index (Phi) is 4.96. The van der Waals surface area contributed by atoms with Crippen molar-refractivity contribution in [1.82, 2.24) is 4.90 Å². The van der Waals surface area contributed by atoms with Crippen LogP contribution >= 0.6 is 11.6 Å². The van der Waals surface area contributed by atoms with Gasteiger partial charge in [-0.3, -0.25) is 9.69 Å². The lowest BCUT2D eigenvalue weighted by Crippen LogP contribution is -2.53. The molecule has 1 aliphatic heterocycles. The van der Waals surface area contributed by atoms with Crippen LogP contribution in [0.3, 0.4) is 0 Å². The van der Waals surface area contributed by atoms with Crippen molar-refractivity contribution in [3.8, 4) is 0 Å². The van der Waals surface area contributed by atoms with Gasteiger partial charge in [0, 0.05) is 18.8 Å². The molecule has 4 nitrogen and oxygen atoms in total. The van der Waals surface area contributed by atoms with Gasteiger partial charge in [0.2, 0.25) is 5.91 Å². The Morgan fingerprint density at radius 3 is 2.95 bits per heavy atom. The zero-order valence-electron chi connectivity index (χ0n) is 12.4. The van der Waals surface area contributed by atoms with Gasteiger partial charge in [-0.1, -0.05) is 18.0 Å². The van der Waals surface area contributed by atoms with Crippen molar-refractivity contribution in [3.05, 3.63) is 29.0 Å². The highest BCUT2D eigenvalue weighted by Gasteiger charge is 2.32. The van der Waals surface area contributed by atoms with Gasteiger partial charge in [-0.25, -0.2) is 4.39 Å². The van der Waals surface area contributed by atoms with Gasteiger partial charge in [0.1, 0.15) is 11.9 Å². The van der Waals surface area contributed by atoms with E-state index >= 15 is 0 Å². The predicted octanol–water partition coefficient (Wildman–Crippen LogP) is 2.92. The SMILES string of the molecule is O=C(Nc1ccc(Cl)c(F)c1)C1COCCN1CC1CCC1. The van der Waals surface area contributed by atoms with E-state index in [4.69, 9.17) is 16.3 Å². The zero-order chi connectivity index (χ0) is 15.5. The fourth-order valence-electron chi connectivity index (χ4n) is 2.90. The molecule has 1 amide bonds. The number of benzene rings is 1. The molecule has 0 radical (unpaired) electrons. The topological polar surface area (TPSA) is 41.6 Å². The Hall–Kier alpha value is -1.17. The lowest BCUT2D eigenvalue weighted by atomic mass is 9.84. The van der Waals surface area contributed by atoms with Gasteiger partial charge < -0.3 is 10.1 Å². The van der Waals surface area contributed by atoms with Gasteiger partial charge >= 0.3 is 0 Å². The van der Waals surface area contributed by atoms with Crippen molar-refractivity contribution in [3.63, 3.8) is 0 Å². The Morgan fingerprint density at radius 1 is 1.45 bits per heavy atom. The number of nitrogens with zero attached hydrogens (tertiary/aromatic N) is 1. The van der Waals surface area contributed by atoms with Crippen LogP contribution in [0.15, 0.2) is 18.2 Å². The third-order valence-corrected chi connectivity index (χ3v) is 4.75. The van der Waals surface area contributed by atoms with Gasteiger partial charge in [-0.2, -0.15) is 0 Å². The number of rotatable bonds is 4.